The van der Waals surface area contributed by atoms with E-state index in [4.69, 9.17) is 0 Å². The highest BCUT2D eigenvalue weighted by Crippen LogP contribution is 2.37. The van der Waals surface area contributed by atoms with Gasteiger partial charge in [-0.3, -0.25) is 0 Å². The SMILES string of the molecule is CC(C)C1=C(C(C)(C)C)N(C)CCC1. The molecule has 1 aliphatic heterocycles. The summed E-state index contributed by atoms with van der Waals surface area (Å²) >= 11 is 0. The molecule has 0 unspecified atom stereocenters. The molecule has 1 rings (SSSR count). The van der Waals surface area contributed by atoms with Crippen LogP contribution in [-0.2, 0) is 0 Å². The Morgan fingerprint density at radius 3 is 2.14 bits per heavy atom. The zero-order valence-corrected chi connectivity index (χ0v) is 10.6. The Kier molecular flexibility index (Phi) is 3.28. The lowest BCUT2D eigenvalue weighted by Gasteiger charge is -2.39. The standard InChI is InChI=1S/C13H25N/c1-10(2)11-8-7-9-14(6)12(11)13(3,4)5/h10H,7-9H2,1-6H3. The molecule has 1 nitrogen and oxygen atoms in total. The van der Waals surface area contributed by atoms with E-state index in [0.29, 0.717) is 11.3 Å². The molecule has 1 heteroatoms. The van der Waals surface area contributed by atoms with Gasteiger partial charge in [0.1, 0.15) is 0 Å². The van der Waals surface area contributed by atoms with E-state index in [1.54, 1.807) is 11.3 Å². The van der Waals surface area contributed by atoms with Crippen molar-refractivity contribution < 1.29 is 0 Å². The summed E-state index contributed by atoms with van der Waals surface area (Å²) in [5.41, 5.74) is 3.56. The van der Waals surface area contributed by atoms with Gasteiger partial charge in [-0.2, -0.15) is 0 Å². The first-order valence-corrected chi connectivity index (χ1v) is 5.78. The van der Waals surface area contributed by atoms with E-state index >= 15 is 0 Å². The van der Waals surface area contributed by atoms with Crippen molar-refractivity contribution in [3.05, 3.63) is 11.3 Å². The Bertz CT molecular complexity index is 230. The van der Waals surface area contributed by atoms with Crippen LogP contribution in [-0.4, -0.2) is 18.5 Å². The molecule has 0 fully saturated rings. The summed E-state index contributed by atoms with van der Waals surface area (Å²) < 4.78 is 0. The van der Waals surface area contributed by atoms with E-state index < -0.39 is 0 Å². The van der Waals surface area contributed by atoms with Gasteiger partial charge in [-0.05, 0) is 24.3 Å². The van der Waals surface area contributed by atoms with Crippen LogP contribution in [0.25, 0.3) is 0 Å². The van der Waals surface area contributed by atoms with Crippen molar-refractivity contribution in [2.75, 3.05) is 13.6 Å². The predicted octanol–water partition coefficient (Wildman–Crippen LogP) is 3.67. The summed E-state index contributed by atoms with van der Waals surface area (Å²) in [7, 11) is 2.24. The van der Waals surface area contributed by atoms with E-state index in [0.717, 1.165) is 0 Å². The molecule has 0 aromatic carbocycles. The number of allylic oxidation sites excluding steroid dienone is 2. The van der Waals surface area contributed by atoms with Gasteiger partial charge in [-0.25, -0.2) is 0 Å². The molecule has 0 radical (unpaired) electrons. The largest absolute Gasteiger partial charge is 0.377 e. The maximum atomic E-state index is 2.46. The van der Waals surface area contributed by atoms with Crippen LogP contribution in [0.4, 0.5) is 0 Å². The summed E-state index contributed by atoms with van der Waals surface area (Å²) in [5.74, 6) is 0.701. The van der Waals surface area contributed by atoms with Crippen LogP contribution < -0.4 is 0 Å². The topological polar surface area (TPSA) is 3.24 Å². The fourth-order valence-corrected chi connectivity index (χ4v) is 2.60. The fraction of sp³-hybridized carbons (Fsp3) is 0.846. The molecule has 0 N–H and O–H groups in total. The molecule has 0 bridgehead atoms. The van der Waals surface area contributed by atoms with Crippen LogP contribution in [0.3, 0.4) is 0 Å². The van der Waals surface area contributed by atoms with Crippen LogP contribution in [0.2, 0.25) is 0 Å². The third-order valence-corrected chi connectivity index (χ3v) is 3.03. The summed E-state index contributed by atoms with van der Waals surface area (Å²) in [6.45, 7) is 12.8. The zero-order valence-electron chi connectivity index (χ0n) is 10.6. The van der Waals surface area contributed by atoms with E-state index in [1.807, 2.05) is 0 Å². The van der Waals surface area contributed by atoms with E-state index in [9.17, 15) is 0 Å². The Morgan fingerprint density at radius 1 is 1.21 bits per heavy atom. The molecule has 0 saturated heterocycles. The van der Waals surface area contributed by atoms with Crippen molar-refractivity contribution in [1.82, 2.24) is 4.90 Å². The van der Waals surface area contributed by atoms with Crippen LogP contribution >= 0.6 is 0 Å². The third-order valence-electron chi connectivity index (χ3n) is 3.03. The van der Waals surface area contributed by atoms with Crippen LogP contribution in [0, 0.1) is 11.3 Å². The minimum absolute atomic E-state index is 0.300. The van der Waals surface area contributed by atoms with Gasteiger partial charge < -0.3 is 4.90 Å². The summed E-state index contributed by atoms with van der Waals surface area (Å²) in [6, 6.07) is 0. The van der Waals surface area contributed by atoms with Gasteiger partial charge in [0.2, 0.25) is 0 Å². The highest BCUT2D eigenvalue weighted by atomic mass is 15.1. The normalized spacial score (nSPS) is 19.5. The average Bonchev–Trinajstić information content (AvgIpc) is 2.01. The Labute approximate surface area is 89.2 Å². The van der Waals surface area contributed by atoms with Crippen molar-refractivity contribution in [2.24, 2.45) is 11.3 Å². The van der Waals surface area contributed by atoms with Gasteiger partial charge in [-0.15, -0.1) is 0 Å². The van der Waals surface area contributed by atoms with Crippen LogP contribution in [0.15, 0.2) is 11.3 Å². The van der Waals surface area contributed by atoms with Crippen LogP contribution in [0.1, 0.15) is 47.5 Å². The highest BCUT2D eigenvalue weighted by Gasteiger charge is 2.28. The Morgan fingerprint density at radius 2 is 1.79 bits per heavy atom. The fourth-order valence-electron chi connectivity index (χ4n) is 2.60. The summed E-state index contributed by atoms with van der Waals surface area (Å²) in [5, 5.41) is 0. The lowest BCUT2D eigenvalue weighted by molar-refractivity contribution is 0.274. The van der Waals surface area contributed by atoms with Crippen molar-refractivity contribution in [3.63, 3.8) is 0 Å². The van der Waals surface area contributed by atoms with Gasteiger partial charge in [0, 0.05) is 24.7 Å². The smallest absolute Gasteiger partial charge is 0.0179 e. The van der Waals surface area contributed by atoms with Crippen molar-refractivity contribution in [2.45, 2.75) is 47.5 Å². The first-order valence-electron chi connectivity index (χ1n) is 5.78. The summed E-state index contributed by atoms with van der Waals surface area (Å²) in [4.78, 5) is 2.46. The maximum Gasteiger partial charge on any atom is 0.0179 e. The average molecular weight is 195 g/mol. The molecule has 82 valence electrons. The van der Waals surface area contributed by atoms with Gasteiger partial charge >= 0.3 is 0 Å². The van der Waals surface area contributed by atoms with Gasteiger partial charge in [0.15, 0.2) is 0 Å². The maximum absolute atomic E-state index is 2.46. The molecular formula is C13H25N. The quantitative estimate of drug-likeness (QED) is 0.617. The first-order chi connectivity index (χ1) is 6.34. The molecule has 14 heavy (non-hydrogen) atoms. The van der Waals surface area contributed by atoms with E-state index in [1.165, 1.54) is 19.4 Å². The monoisotopic (exact) mass is 195 g/mol. The van der Waals surface area contributed by atoms with Gasteiger partial charge in [-0.1, -0.05) is 34.6 Å². The minimum atomic E-state index is 0.300. The molecule has 0 saturated carbocycles. The van der Waals surface area contributed by atoms with Crippen LogP contribution in [0.5, 0.6) is 0 Å². The molecule has 0 aliphatic carbocycles. The zero-order chi connectivity index (χ0) is 10.9. The third kappa shape index (κ3) is 2.31. The predicted molar refractivity (Wildman–Crippen MR) is 63.2 cm³/mol. The molecule has 0 spiro atoms. The van der Waals surface area contributed by atoms with Gasteiger partial charge in [0.25, 0.3) is 0 Å². The van der Waals surface area contributed by atoms with Crippen molar-refractivity contribution in [1.29, 1.82) is 0 Å². The summed E-state index contributed by atoms with van der Waals surface area (Å²) in [6.07, 6.45) is 2.62. The van der Waals surface area contributed by atoms with E-state index in [-0.39, 0.29) is 0 Å². The molecule has 1 heterocycles. The lowest BCUT2D eigenvalue weighted by atomic mass is 9.81. The Balaban J connectivity index is 3.11. The number of nitrogens with zero attached hydrogens (tertiary/aromatic N) is 1. The number of hydrogen-bond acceptors (Lipinski definition) is 1. The molecule has 0 aromatic heterocycles. The Hall–Kier alpha value is -0.460. The number of hydrogen-bond donors (Lipinski definition) is 0. The second-order valence-electron chi connectivity index (χ2n) is 5.80. The molecule has 0 amide bonds. The number of rotatable bonds is 1. The van der Waals surface area contributed by atoms with Gasteiger partial charge in [0.05, 0.1) is 0 Å². The molecule has 0 atom stereocenters. The van der Waals surface area contributed by atoms with Crippen molar-refractivity contribution in [3.8, 4) is 0 Å². The second-order valence-corrected chi connectivity index (χ2v) is 5.80. The minimum Gasteiger partial charge on any atom is -0.377 e. The van der Waals surface area contributed by atoms with Crippen molar-refractivity contribution >= 4 is 0 Å². The molecule has 1 aliphatic rings. The second kappa shape index (κ2) is 3.96. The lowest BCUT2D eigenvalue weighted by Crippen LogP contribution is -2.33. The molecular weight excluding hydrogens is 170 g/mol. The van der Waals surface area contributed by atoms with E-state index in [2.05, 4.69) is 46.6 Å². The molecule has 0 aromatic rings. The highest BCUT2D eigenvalue weighted by molar-refractivity contribution is 5.22. The first kappa shape index (κ1) is 11.6.